The topological polar surface area (TPSA) is 21.6 Å². The van der Waals surface area contributed by atoms with Crippen molar-refractivity contribution in [2.24, 2.45) is 5.16 Å². The molecule has 0 radical (unpaired) electrons. The van der Waals surface area contributed by atoms with E-state index in [9.17, 15) is 4.39 Å². The summed E-state index contributed by atoms with van der Waals surface area (Å²) in [7, 11) is 0. The molecule has 1 aliphatic heterocycles. The van der Waals surface area contributed by atoms with Gasteiger partial charge in [0.05, 0.1) is 4.88 Å². The summed E-state index contributed by atoms with van der Waals surface area (Å²) in [6, 6.07) is 9.02. The number of hydrogen-bond acceptors (Lipinski definition) is 4. The van der Waals surface area contributed by atoms with Crippen molar-refractivity contribution in [2.45, 2.75) is 31.6 Å². The second-order valence-corrected chi connectivity index (χ2v) is 7.67. The Morgan fingerprint density at radius 1 is 1.36 bits per heavy atom. The Bertz CT molecular complexity index is 697. The van der Waals surface area contributed by atoms with Crippen molar-refractivity contribution >= 4 is 28.8 Å². The van der Waals surface area contributed by atoms with Crippen LogP contribution in [0, 0.1) is 12.7 Å². The van der Waals surface area contributed by atoms with Gasteiger partial charge in [-0.2, -0.15) is 11.8 Å². The lowest BCUT2D eigenvalue weighted by atomic mass is 10.0. The fraction of sp³-hybridized carbons (Fsp3) is 0.353. The van der Waals surface area contributed by atoms with E-state index in [2.05, 4.69) is 30.4 Å². The highest BCUT2D eigenvalue weighted by Crippen LogP contribution is 2.33. The van der Waals surface area contributed by atoms with Gasteiger partial charge in [0.2, 0.25) is 0 Å². The minimum atomic E-state index is -0.304. The molecular formula is C17H18FNOS2. The molecule has 1 atom stereocenters. The Labute approximate surface area is 138 Å². The SMILES string of the molecule is Cc1ccsc1C1=NOC(C)(CSCc2ccccc2F)C1. The summed E-state index contributed by atoms with van der Waals surface area (Å²) in [5.41, 5.74) is 2.71. The highest BCUT2D eigenvalue weighted by Gasteiger charge is 2.35. The number of oxime groups is 1. The van der Waals surface area contributed by atoms with E-state index in [4.69, 9.17) is 4.84 Å². The van der Waals surface area contributed by atoms with E-state index in [0.29, 0.717) is 5.75 Å². The van der Waals surface area contributed by atoms with Crippen molar-refractivity contribution in [3.05, 3.63) is 57.5 Å². The van der Waals surface area contributed by atoms with Crippen molar-refractivity contribution < 1.29 is 9.23 Å². The molecule has 1 aliphatic rings. The van der Waals surface area contributed by atoms with Crippen LogP contribution in [0.5, 0.6) is 0 Å². The van der Waals surface area contributed by atoms with Crippen LogP contribution >= 0.6 is 23.1 Å². The molecule has 0 fully saturated rings. The first-order valence-electron chi connectivity index (χ1n) is 7.18. The second kappa shape index (κ2) is 6.42. The van der Waals surface area contributed by atoms with Crippen molar-refractivity contribution in [1.82, 2.24) is 0 Å². The quantitative estimate of drug-likeness (QED) is 0.766. The van der Waals surface area contributed by atoms with Crippen LogP contribution in [0.2, 0.25) is 0 Å². The molecule has 0 amide bonds. The van der Waals surface area contributed by atoms with Crippen molar-refractivity contribution in [3.63, 3.8) is 0 Å². The lowest BCUT2D eigenvalue weighted by molar-refractivity contribution is 0.0163. The van der Waals surface area contributed by atoms with Gasteiger partial charge < -0.3 is 4.84 Å². The first-order valence-corrected chi connectivity index (χ1v) is 9.21. The third-order valence-corrected chi connectivity index (χ3v) is 6.06. The number of rotatable bonds is 5. The van der Waals surface area contributed by atoms with Gasteiger partial charge in [-0.25, -0.2) is 4.39 Å². The first kappa shape index (κ1) is 15.6. The maximum Gasteiger partial charge on any atom is 0.149 e. The third-order valence-electron chi connectivity index (χ3n) is 3.66. The summed E-state index contributed by atoms with van der Waals surface area (Å²) < 4.78 is 13.6. The van der Waals surface area contributed by atoms with Crippen molar-refractivity contribution in [3.8, 4) is 0 Å². The van der Waals surface area contributed by atoms with Gasteiger partial charge in [0.1, 0.15) is 17.1 Å². The molecule has 0 spiro atoms. The standard InChI is InChI=1S/C17H18FNOS2/c1-12-7-8-22-16(12)15-9-17(2,20-19-15)11-21-10-13-5-3-4-6-14(13)18/h3-8H,9-11H2,1-2H3. The molecule has 22 heavy (non-hydrogen) atoms. The van der Waals surface area contributed by atoms with Crippen LogP contribution in [0.4, 0.5) is 4.39 Å². The zero-order valence-corrected chi connectivity index (χ0v) is 14.3. The lowest BCUT2D eigenvalue weighted by Gasteiger charge is -2.20. The van der Waals surface area contributed by atoms with Gasteiger partial charge in [-0.3, -0.25) is 0 Å². The Morgan fingerprint density at radius 3 is 2.91 bits per heavy atom. The van der Waals surface area contributed by atoms with E-state index in [-0.39, 0.29) is 11.4 Å². The van der Waals surface area contributed by atoms with Gasteiger partial charge in [0.15, 0.2) is 0 Å². The number of thioether (sulfide) groups is 1. The maximum atomic E-state index is 13.6. The molecule has 0 N–H and O–H groups in total. The number of nitrogens with zero attached hydrogens (tertiary/aromatic N) is 1. The zero-order chi connectivity index (χ0) is 15.6. The number of thiophene rings is 1. The molecule has 0 aliphatic carbocycles. The summed E-state index contributed by atoms with van der Waals surface area (Å²) in [5, 5.41) is 6.35. The fourth-order valence-corrected chi connectivity index (χ4v) is 4.49. The predicted molar refractivity (Wildman–Crippen MR) is 92.3 cm³/mol. The minimum absolute atomic E-state index is 0.140. The first-order chi connectivity index (χ1) is 10.6. The van der Waals surface area contributed by atoms with Crippen LogP contribution in [0.3, 0.4) is 0 Å². The molecule has 2 aromatic rings. The molecular weight excluding hydrogens is 317 g/mol. The van der Waals surface area contributed by atoms with E-state index < -0.39 is 0 Å². The van der Waals surface area contributed by atoms with Gasteiger partial charge in [-0.05, 0) is 42.5 Å². The van der Waals surface area contributed by atoms with Crippen molar-refractivity contribution in [2.75, 3.05) is 5.75 Å². The number of halogens is 1. The normalized spacial score (nSPS) is 20.8. The number of hydrogen-bond donors (Lipinski definition) is 0. The minimum Gasteiger partial charge on any atom is -0.388 e. The maximum absolute atomic E-state index is 13.6. The summed E-state index contributed by atoms with van der Waals surface area (Å²) in [5.74, 6) is 1.30. The van der Waals surface area contributed by atoms with Gasteiger partial charge in [0.25, 0.3) is 0 Å². The molecule has 1 aromatic heterocycles. The largest absolute Gasteiger partial charge is 0.388 e. The van der Waals surface area contributed by atoms with E-state index in [1.807, 2.05) is 12.1 Å². The van der Waals surface area contributed by atoms with Crippen LogP contribution in [0.1, 0.15) is 29.3 Å². The summed E-state index contributed by atoms with van der Waals surface area (Å²) in [6.45, 7) is 4.16. The lowest BCUT2D eigenvalue weighted by Crippen LogP contribution is -2.28. The Morgan fingerprint density at radius 2 is 2.18 bits per heavy atom. The average Bonchev–Trinajstić information content (AvgIpc) is 3.07. The molecule has 0 bridgehead atoms. The van der Waals surface area contributed by atoms with E-state index >= 15 is 0 Å². The van der Waals surface area contributed by atoms with Gasteiger partial charge in [0, 0.05) is 17.9 Å². The smallest absolute Gasteiger partial charge is 0.149 e. The number of aryl methyl sites for hydroxylation is 1. The molecule has 0 saturated carbocycles. The molecule has 1 unspecified atom stereocenters. The van der Waals surface area contributed by atoms with Gasteiger partial charge >= 0.3 is 0 Å². The zero-order valence-electron chi connectivity index (χ0n) is 12.6. The molecule has 5 heteroatoms. The van der Waals surface area contributed by atoms with Crippen LogP contribution < -0.4 is 0 Å². The number of benzene rings is 1. The summed E-state index contributed by atoms with van der Waals surface area (Å²) in [4.78, 5) is 6.89. The Kier molecular flexibility index (Phi) is 4.54. The molecule has 2 heterocycles. The molecule has 0 saturated heterocycles. The predicted octanol–water partition coefficient (Wildman–Crippen LogP) is 5.01. The molecule has 116 valence electrons. The van der Waals surface area contributed by atoms with Crippen LogP contribution in [-0.4, -0.2) is 17.1 Å². The van der Waals surface area contributed by atoms with E-state index in [0.717, 1.165) is 23.4 Å². The Balaban J connectivity index is 1.56. The average molecular weight is 335 g/mol. The van der Waals surface area contributed by atoms with Crippen molar-refractivity contribution in [1.29, 1.82) is 0 Å². The van der Waals surface area contributed by atoms with Gasteiger partial charge in [-0.1, -0.05) is 23.4 Å². The fourth-order valence-electron chi connectivity index (χ4n) is 2.44. The highest BCUT2D eigenvalue weighted by atomic mass is 32.2. The second-order valence-electron chi connectivity index (χ2n) is 5.77. The van der Waals surface area contributed by atoms with Gasteiger partial charge in [-0.15, -0.1) is 11.3 Å². The third kappa shape index (κ3) is 3.36. The Hall–Kier alpha value is -1.33. The van der Waals surface area contributed by atoms with Crippen LogP contribution in [-0.2, 0) is 10.6 Å². The molecule has 1 aromatic carbocycles. The van der Waals surface area contributed by atoms with E-state index in [1.54, 1.807) is 29.2 Å². The molecule has 3 rings (SSSR count). The van der Waals surface area contributed by atoms with Crippen LogP contribution in [0.15, 0.2) is 40.9 Å². The summed E-state index contributed by atoms with van der Waals surface area (Å²) >= 11 is 3.39. The monoisotopic (exact) mass is 335 g/mol. The highest BCUT2D eigenvalue weighted by molar-refractivity contribution is 7.98. The van der Waals surface area contributed by atoms with Crippen LogP contribution in [0.25, 0.3) is 0 Å². The van der Waals surface area contributed by atoms with E-state index in [1.165, 1.54) is 16.5 Å². The molecule has 2 nitrogen and oxygen atoms in total. The summed E-state index contributed by atoms with van der Waals surface area (Å²) in [6.07, 6.45) is 0.804.